The van der Waals surface area contributed by atoms with Crippen LogP contribution in [0.4, 0.5) is 8.78 Å². The van der Waals surface area contributed by atoms with E-state index in [-0.39, 0.29) is 5.56 Å². The van der Waals surface area contributed by atoms with Gasteiger partial charge in [0.05, 0.1) is 10.5 Å². The molecular weight excluding hydrogens is 464 g/mol. The molecule has 6 nitrogen and oxygen atoms in total. The lowest BCUT2D eigenvalue weighted by Gasteiger charge is -2.26. The Kier molecular flexibility index (Phi) is 8.12. The molecule has 178 valence electrons. The van der Waals surface area contributed by atoms with E-state index in [9.17, 15) is 26.8 Å². The highest BCUT2D eigenvalue weighted by Gasteiger charge is 2.28. The topological polar surface area (TPSA) is 80.8 Å². The summed E-state index contributed by atoms with van der Waals surface area (Å²) >= 11 is 0. The Balaban J connectivity index is 1.73. The van der Waals surface area contributed by atoms with Gasteiger partial charge in [-0.15, -0.1) is 0 Å². The summed E-state index contributed by atoms with van der Waals surface area (Å²) in [5.41, 5.74) is 1.74. The van der Waals surface area contributed by atoms with Gasteiger partial charge in [0.2, 0.25) is 9.84 Å². The van der Waals surface area contributed by atoms with Gasteiger partial charge in [-0.2, -0.15) is 8.78 Å². The zero-order chi connectivity index (χ0) is 24.7. The lowest BCUT2D eigenvalue weighted by Crippen LogP contribution is -2.39. The minimum Gasteiger partial charge on any atom is -0.449 e. The molecule has 9 heteroatoms. The second-order valence-corrected chi connectivity index (χ2v) is 9.46. The van der Waals surface area contributed by atoms with E-state index in [0.29, 0.717) is 13.1 Å². The van der Waals surface area contributed by atoms with E-state index in [1.165, 1.54) is 6.92 Å². The average Bonchev–Trinajstić information content (AvgIpc) is 2.84. The average molecular weight is 488 g/mol. The zero-order valence-electron chi connectivity index (χ0n) is 18.3. The quantitative estimate of drug-likeness (QED) is 0.417. The third-order valence-corrected chi connectivity index (χ3v) is 6.43. The van der Waals surface area contributed by atoms with Crippen LogP contribution in [-0.4, -0.2) is 37.1 Å². The van der Waals surface area contributed by atoms with Crippen LogP contribution in [-0.2, 0) is 32.5 Å². The van der Waals surface area contributed by atoms with Gasteiger partial charge in [-0.3, -0.25) is 4.79 Å². The number of rotatable bonds is 9. The standard InChI is InChI=1S/C25H23F2NO5S/c1-18(33-24(30)21-12-14-22(15-13-21)34(31,32)25(26)27)23(29)28(16-19-8-4-2-5-9-19)17-20-10-6-3-7-11-20/h2-15,18,25H,16-17H2,1H3. The van der Waals surface area contributed by atoms with Crippen molar-refractivity contribution in [3.63, 3.8) is 0 Å². The molecule has 0 aliphatic heterocycles. The van der Waals surface area contributed by atoms with Crippen LogP contribution in [0.3, 0.4) is 0 Å². The summed E-state index contributed by atoms with van der Waals surface area (Å²) in [5.74, 6) is -4.86. The van der Waals surface area contributed by atoms with E-state index in [4.69, 9.17) is 4.74 Å². The molecule has 0 saturated heterocycles. The highest BCUT2D eigenvalue weighted by atomic mass is 32.2. The van der Waals surface area contributed by atoms with Crippen molar-refractivity contribution < 1.29 is 31.5 Å². The number of halogens is 2. The molecule has 0 radical (unpaired) electrons. The molecule has 1 atom stereocenters. The van der Waals surface area contributed by atoms with Crippen LogP contribution >= 0.6 is 0 Å². The molecule has 0 N–H and O–H groups in total. The maximum absolute atomic E-state index is 13.2. The Morgan fingerprint density at radius 2 is 1.29 bits per heavy atom. The van der Waals surface area contributed by atoms with Crippen LogP contribution in [0.15, 0.2) is 89.8 Å². The molecule has 0 spiro atoms. The Morgan fingerprint density at radius 1 is 0.824 bits per heavy atom. The van der Waals surface area contributed by atoms with Gasteiger partial charge in [0, 0.05) is 13.1 Å². The molecule has 0 heterocycles. The molecule has 3 aromatic carbocycles. The van der Waals surface area contributed by atoms with Crippen LogP contribution in [0.2, 0.25) is 0 Å². The van der Waals surface area contributed by atoms with Crippen LogP contribution in [0, 0.1) is 0 Å². The summed E-state index contributed by atoms with van der Waals surface area (Å²) in [4.78, 5) is 26.6. The largest absolute Gasteiger partial charge is 0.449 e. The van der Waals surface area contributed by atoms with Crippen LogP contribution in [0.25, 0.3) is 0 Å². The summed E-state index contributed by atoms with van der Waals surface area (Å²) < 4.78 is 53.7. The lowest BCUT2D eigenvalue weighted by molar-refractivity contribution is -0.141. The highest BCUT2D eigenvalue weighted by molar-refractivity contribution is 7.91. The number of alkyl halides is 2. The van der Waals surface area contributed by atoms with Gasteiger partial charge in [-0.1, -0.05) is 60.7 Å². The van der Waals surface area contributed by atoms with Gasteiger partial charge in [0.15, 0.2) is 6.10 Å². The minimum absolute atomic E-state index is 0.0643. The first kappa shape index (κ1) is 25.0. The molecule has 0 aliphatic rings. The normalized spacial score (nSPS) is 12.2. The van der Waals surface area contributed by atoms with E-state index in [2.05, 4.69) is 0 Å². The maximum atomic E-state index is 13.2. The van der Waals surface area contributed by atoms with Crippen molar-refractivity contribution in [3.8, 4) is 0 Å². The van der Waals surface area contributed by atoms with Crippen molar-refractivity contribution >= 4 is 21.7 Å². The predicted molar refractivity (Wildman–Crippen MR) is 122 cm³/mol. The lowest BCUT2D eigenvalue weighted by atomic mass is 10.1. The minimum atomic E-state index is -4.77. The molecule has 0 aromatic heterocycles. The summed E-state index contributed by atoms with van der Waals surface area (Å²) in [5, 5.41) is 0. The van der Waals surface area contributed by atoms with Gasteiger partial charge >= 0.3 is 11.7 Å². The molecule has 3 rings (SSSR count). The number of sulfone groups is 1. The van der Waals surface area contributed by atoms with Crippen LogP contribution in [0.1, 0.15) is 28.4 Å². The van der Waals surface area contributed by atoms with Crippen molar-refractivity contribution in [1.29, 1.82) is 0 Å². The van der Waals surface area contributed by atoms with E-state index in [1.54, 1.807) is 4.90 Å². The van der Waals surface area contributed by atoms with Crippen molar-refractivity contribution in [2.75, 3.05) is 0 Å². The first-order chi connectivity index (χ1) is 16.2. The maximum Gasteiger partial charge on any atom is 0.341 e. The first-order valence-electron chi connectivity index (χ1n) is 10.4. The van der Waals surface area contributed by atoms with Gasteiger partial charge < -0.3 is 9.64 Å². The Morgan fingerprint density at radius 3 is 1.74 bits per heavy atom. The SMILES string of the molecule is CC(OC(=O)c1ccc(S(=O)(=O)C(F)F)cc1)C(=O)N(Cc1ccccc1)Cc1ccccc1. The van der Waals surface area contributed by atoms with Gasteiger partial charge in [0.25, 0.3) is 5.91 Å². The molecule has 1 unspecified atom stereocenters. The number of amides is 1. The first-order valence-corrected chi connectivity index (χ1v) is 11.9. The number of ether oxygens (including phenoxy) is 1. The highest BCUT2D eigenvalue weighted by Crippen LogP contribution is 2.19. The van der Waals surface area contributed by atoms with E-state index >= 15 is 0 Å². The monoisotopic (exact) mass is 487 g/mol. The van der Waals surface area contributed by atoms with E-state index in [1.807, 2.05) is 60.7 Å². The third-order valence-electron chi connectivity index (χ3n) is 5.03. The number of carbonyl (C=O) groups is 2. The fraction of sp³-hybridized carbons (Fsp3) is 0.200. The van der Waals surface area contributed by atoms with E-state index in [0.717, 1.165) is 35.4 Å². The molecule has 1 amide bonds. The number of hydrogen-bond acceptors (Lipinski definition) is 5. The molecule has 34 heavy (non-hydrogen) atoms. The number of carbonyl (C=O) groups excluding carboxylic acids is 2. The summed E-state index contributed by atoms with van der Waals surface area (Å²) in [7, 11) is -4.77. The summed E-state index contributed by atoms with van der Waals surface area (Å²) in [6.45, 7) is 2.05. The summed E-state index contributed by atoms with van der Waals surface area (Å²) in [6.07, 6.45) is -1.13. The molecule has 0 saturated carbocycles. The van der Waals surface area contributed by atoms with Crippen molar-refractivity contribution in [2.45, 2.75) is 36.8 Å². The van der Waals surface area contributed by atoms with Crippen molar-refractivity contribution in [1.82, 2.24) is 4.90 Å². The fourth-order valence-corrected chi connectivity index (χ4v) is 3.96. The zero-order valence-corrected chi connectivity index (χ0v) is 19.1. The molecule has 0 aliphatic carbocycles. The smallest absolute Gasteiger partial charge is 0.341 e. The Bertz CT molecular complexity index is 1180. The Hall–Kier alpha value is -3.59. The van der Waals surface area contributed by atoms with Crippen molar-refractivity contribution in [3.05, 3.63) is 102 Å². The number of esters is 1. The van der Waals surface area contributed by atoms with Gasteiger partial charge in [0.1, 0.15) is 0 Å². The molecule has 3 aromatic rings. The van der Waals surface area contributed by atoms with Gasteiger partial charge in [-0.05, 0) is 42.3 Å². The van der Waals surface area contributed by atoms with Crippen LogP contribution in [0.5, 0.6) is 0 Å². The molecule has 0 bridgehead atoms. The number of benzene rings is 3. The second-order valence-electron chi connectivity index (χ2n) is 7.54. The molecule has 0 fully saturated rings. The number of nitrogens with zero attached hydrogens (tertiary/aromatic N) is 1. The van der Waals surface area contributed by atoms with Crippen LogP contribution < -0.4 is 0 Å². The van der Waals surface area contributed by atoms with Crippen molar-refractivity contribution in [2.24, 2.45) is 0 Å². The third kappa shape index (κ3) is 6.26. The summed E-state index contributed by atoms with van der Waals surface area (Å²) in [6, 6.07) is 22.7. The van der Waals surface area contributed by atoms with Gasteiger partial charge in [-0.25, -0.2) is 13.2 Å². The molecular formula is C25H23F2NO5S. The number of hydrogen-bond donors (Lipinski definition) is 0. The predicted octanol–water partition coefficient (Wildman–Crippen LogP) is 4.46. The fourth-order valence-electron chi connectivity index (χ4n) is 3.24. The second kappa shape index (κ2) is 11.0. The Labute approximate surface area is 196 Å². The van der Waals surface area contributed by atoms with E-state index < -0.39 is 38.5 Å².